The Morgan fingerprint density at radius 2 is 2.17 bits per heavy atom. The lowest BCUT2D eigenvalue weighted by Gasteiger charge is -2.18. The van der Waals surface area contributed by atoms with Crippen LogP contribution in [0.25, 0.3) is 0 Å². The van der Waals surface area contributed by atoms with E-state index in [0.717, 1.165) is 30.4 Å². The molecule has 0 fully saturated rings. The van der Waals surface area contributed by atoms with Gasteiger partial charge in [0.05, 0.1) is 0 Å². The van der Waals surface area contributed by atoms with Gasteiger partial charge in [-0.3, -0.25) is 0 Å². The van der Waals surface area contributed by atoms with E-state index in [1.807, 2.05) is 13.0 Å². The highest BCUT2D eigenvalue weighted by atomic mass is 19.1. The molecule has 0 aromatic rings. The monoisotopic (exact) mass is 168 g/mol. The van der Waals surface area contributed by atoms with Gasteiger partial charge in [0.15, 0.2) is 0 Å². The first-order valence-electron chi connectivity index (χ1n) is 4.74. The first-order chi connectivity index (χ1) is 5.66. The molecule has 0 nitrogen and oxygen atoms in total. The lowest BCUT2D eigenvalue weighted by molar-refractivity contribution is 0.568. The lowest BCUT2D eigenvalue weighted by Crippen LogP contribution is -2.03. The van der Waals surface area contributed by atoms with Crippen molar-refractivity contribution >= 4 is 0 Å². The average molecular weight is 168 g/mol. The molecule has 0 atom stereocenters. The van der Waals surface area contributed by atoms with Gasteiger partial charge < -0.3 is 0 Å². The Morgan fingerprint density at radius 3 is 2.67 bits per heavy atom. The van der Waals surface area contributed by atoms with E-state index in [1.165, 1.54) is 0 Å². The van der Waals surface area contributed by atoms with E-state index in [4.69, 9.17) is 0 Å². The fourth-order valence-electron chi connectivity index (χ4n) is 1.65. The molecule has 0 aliphatic heterocycles. The molecular formula is C11H17F. The van der Waals surface area contributed by atoms with Gasteiger partial charge in [-0.25, -0.2) is 4.39 Å². The van der Waals surface area contributed by atoms with Crippen LogP contribution in [-0.2, 0) is 0 Å². The van der Waals surface area contributed by atoms with Crippen LogP contribution >= 0.6 is 0 Å². The summed E-state index contributed by atoms with van der Waals surface area (Å²) in [5.74, 6) is 0.430. The van der Waals surface area contributed by atoms with Crippen LogP contribution in [0.3, 0.4) is 0 Å². The maximum Gasteiger partial charge on any atom is 0.125 e. The van der Waals surface area contributed by atoms with Crippen molar-refractivity contribution in [3.63, 3.8) is 0 Å². The Balaban J connectivity index is 2.90. The number of allylic oxidation sites excluding steroid dienone is 4. The van der Waals surface area contributed by atoms with Crippen molar-refractivity contribution < 1.29 is 4.39 Å². The molecule has 0 bridgehead atoms. The number of hydrogen-bond donors (Lipinski definition) is 0. The molecule has 0 amide bonds. The molecule has 0 heterocycles. The van der Waals surface area contributed by atoms with Gasteiger partial charge in [0, 0.05) is 0 Å². The molecule has 0 saturated heterocycles. The van der Waals surface area contributed by atoms with Gasteiger partial charge in [0.1, 0.15) is 5.83 Å². The third-order valence-corrected chi connectivity index (χ3v) is 2.45. The van der Waals surface area contributed by atoms with E-state index >= 15 is 0 Å². The van der Waals surface area contributed by atoms with Gasteiger partial charge >= 0.3 is 0 Å². The van der Waals surface area contributed by atoms with Crippen molar-refractivity contribution in [3.8, 4) is 0 Å². The van der Waals surface area contributed by atoms with Gasteiger partial charge in [-0.2, -0.15) is 0 Å². The molecule has 0 unspecified atom stereocenters. The van der Waals surface area contributed by atoms with Gasteiger partial charge in [-0.05, 0) is 36.3 Å². The Bertz CT molecular complexity index is 221. The normalized spacial score (nSPS) is 18.6. The van der Waals surface area contributed by atoms with Crippen LogP contribution in [0.4, 0.5) is 4.39 Å². The zero-order chi connectivity index (χ0) is 9.14. The molecule has 0 saturated carbocycles. The SMILES string of the molecule is CCC1=CCCC(C(C)C)=C1F. The van der Waals surface area contributed by atoms with Crippen LogP contribution in [0.15, 0.2) is 23.0 Å². The predicted molar refractivity (Wildman–Crippen MR) is 50.6 cm³/mol. The third kappa shape index (κ3) is 1.77. The number of rotatable bonds is 2. The topological polar surface area (TPSA) is 0 Å². The second-order valence-corrected chi connectivity index (χ2v) is 3.62. The van der Waals surface area contributed by atoms with Gasteiger partial charge in [0.25, 0.3) is 0 Å². The van der Waals surface area contributed by atoms with Crippen molar-refractivity contribution in [1.82, 2.24) is 0 Å². The van der Waals surface area contributed by atoms with Crippen LogP contribution in [0.1, 0.15) is 40.0 Å². The first kappa shape index (κ1) is 9.50. The van der Waals surface area contributed by atoms with Crippen LogP contribution in [0.2, 0.25) is 0 Å². The molecule has 1 aliphatic rings. The van der Waals surface area contributed by atoms with Crippen LogP contribution in [0, 0.1) is 5.92 Å². The molecular weight excluding hydrogens is 151 g/mol. The largest absolute Gasteiger partial charge is 0.207 e. The minimum absolute atomic E-state index is 0.0683. The maximum atomic E-state index is 13.6. The van der Waals surface area contributed by atoms with Gasteiger partial charge in [-0.1, -0.05) is 26.8 Å². The van der Waals surface area contributed by atoms with Crippen LogP contribution in [0.5, 0.6) is 0 Å². The molecule has 0 N–H and O–H groups in total. The fourth-order valence-corrected chi connectivity index (χ4v) is 1.65. The zero-order valence-corrected chi connectivity index (χ0v) is 8.15. The Hall–Kier alpha value is -0.590. The van der Waals surface area contributed by atoms with E-state index in [9.17, 15) is 4.39 Å². The minimum Gasteiger partial charge on any atom is -0.207 e. The molecule has 1 heteroatoms. The highest BCUT2D eigenvalue weighted by Gasteiger charge is 2.16. The van der Waals surface area contributed by atoms with Crippen molar-refractivity contribution in [2.24, 2.45) is 5.92 Å². The summed E-state index contributed by atoms with van der Waals surface area (Å²) >= 11 is 0. The van der Waals surface area contributed by atoms with E-state index < -0.39 is 0 Å². The summed E-state index contributed by atoms with van der Waals surface area (Å²) < 4.78 is 13.6. The van der Waals surface area contributed by atoms with Crippen LogP contribution < -0.4 is 0 Å². The quantitative estimate of drug-likeness (QED) is 0.584. The summed E-state index contributed by atoms with van der Waals surface area (Å²) in [6.07, 6.45) is 4.78. The molecule has 1 aliphatic carbocycles. The average Bonchev–Trinajstić information content (AvgIpc) is 2.04. The first-order valence-corrected chi connectivity index (χ1v) is 4.74. The molecule has 0 aromatic heterocycles. The molecule has 1 rings (SSSR count). The van der Waals surface area contributed by atoms with Crippen molar-refractivity contribution in [1.29, 1.82) is 0 Å². The smallest absolute Gasteiger partial charge is 0.125 e. The zero-order valence-electron chi connectivity index (χ0n) is 8.15. The molecule has 0 aromatic carbocycles. The Kier molecular flexibility index (Phi) is 3.07. The van der Waals surface area contributed by atoms with Crippen molar-refractivity contribution in [2.45, 2.75) is 40.0 Å². The minimum atomic E-state index is 0.0683. The second kappa shape index (κ2) is 3.88. The number of halogens is 1. The van der Waals surface area contributed by atoms with E-state index in [0.29, 0.717) is 5.92 Å². The maximum absolute atomic E-state index is 13.6. The molecule has 12 heavy (non-hydrogen) atoms. The van der Waals surface area contributed by atoms with Crippen LogP contribution in [-0.4, -0.2) is 0 Å². The molecule has 68 valence electrons. The van der Waals surface area contributed by atoms with Gasteiger partial charge in [-0.15, -0.1) is 0 Å². The van der Waals surface area contributed by atoms with Gasteiger partial charge in [0.2, 0.25) is 0 Å². The molecule has 0 spiro atoms. The molecule has 0 radical (unpaired) electrons. The van der Waals surface area contributed by atoms with E-state index in [1.54, 1.807) is 0 Å². The van der Waals surface area contributed by atoms with Crippen molar-refractivity contribution in [3.05, 3.63) is 23.0 Å². The third-order valence-electron chi connectivity index (χ3n) is 2.45. The second-order valence-electron chi connectivity index (χ2n) is 3.62. The Labute approximate surface area is 74.2 Å². The fraction of sp³-hybridized carbons (Fsp3) is 0.636. The highest BCUT2D eigenvalue weighted by molar-refractivity contribution is 5.34. The summed E-state index contributed by atoms with van der Waals surface area (Å²) in [6, 6.07) is 0. The summed E-state index contributed by atoms with van der Waals surface area (Å²) in [6.45, 7) is 6.13. The lowest BCUT2D eigenvalue weighted by atomic mass is 9.90. The summed E-state index contributed by atoms with van der Waals surface area (Å²) in [5, 5.41) is 0. The standard InChI is InChI=1S/C11H17F/c1-4-9-6-5-7-10(8(2)3)11(9)12/h6,8H,4-5,7H2,1-3H3. The summed E-state index contributed by atoms with van der Waals surface area (Å²) in [4.78, 5) is 0. The van der Waals surface area contributed by atoms with Crippen molar-refractivity contribution in [2.75, 3.05) is 0 Å². The van der Waals surface area contributed by atoms with E-state index in [2.05, 4.69) is 13.8 Å². The Morgan fingerprint density at radius 1 is 1.50 bits per heavy atom. The highest BCUT2D eigenvalue weighted by Crippen LogP contribution is 2.32. The summed E-state index contributed by atoms with van der Waals surface area (Å²) in [7, 11) is 0. The van der Waals surface area contributed by atoms with E-state index in [-0.39, 0.29) is 5.83 Å². The number of hydrogen-bond acceptors (Lipinski definition) is 0. The summed E-state index contributed by atoms with van der Waals surface area (Å²) in [5.41, 5.74) is 1.92. The predicted octanol–water partition coefficient (Wildman–Crippen LogP) is 4.00.